The molecule has 0 radical (unpaired) electrons. The van der Waals surface area contributed by atoms with Gasteiger partial charge in [-0.05, 0) is 5.41 Å². The van der Waals surface area contributed by atoms with Crippen LogP contribution in [0.15, 0.2) is 27.7 Å². The molecule has 3 heterocycles. The summed E-state index contributed by atoms with van der Waals surface area (Å²) in [7, 11) is 0. The predicted octanol–water partition coefficient (Wildman–Crippen LogP) is 1.03. The quantitative estimate of drug-likeness (QED) is 0.806. The first-order chi connectivity index (χ1) is 8.72. The molecule has 3 N–H and O–H groups in total. The van der Waals surface area contributed by atoms with Gasteiger partial charge in [-0.3, -0.25) is 9.69 Å². The molecule has 9 heteroatoms. The molecule has 2 aliphatic heterocycles. The number of carbonyl (C=O) groups excluding carboxylic acids is 1. The summed E-state index contributed by atoms with van der Waals surface area (Å²) in [6.07, 6.45) is 3.40. The molecule has 6 nitrogen and oxygen atoms in total. The number of nitrogens with two attached hydrogens (primary N) is 1. The van der Waals surface area contributed by atoms with E-state index in [1.165, 1.54) is 23.1 Å². The van der Waals surface area contributed by atoms with Crippen molar-refractivity contribution in [3.8, 4) is 0 Å². The summed E-state index contributed by atoms with van der Waals surface area (Å²) in [4.78, 5) is 13.5. The third-order valence-corrected chi connectivity index (χ3v) is 5.13. The fraction of sp³-hybridized carbons (Fsp3) is 0.222. The lowest BCUT2D eigenvalue weighted by Crippen LogP contribution is -2.45. The Kier molecular flexibility index (Phi) is 3.18. The van der Waals surface area contributed by atoms with Crippen LogP contribution in [0.5, 0.6) is 0 Å². The van der Waals surface area contributed by atoms with E-state index in [1.54, 1.807) is 28.9 Å². The van der Waals surface area contributed by atoms with Crippen molar-refractivity contribution < 1.29 is 4.79 Å². The van der Waals surface area contributed by atoms with Gasteiger partial charge in [-0.15, -0.1) is 10.2 Å². The average molecular weight is 299 g/mol. The van der Waals surface area contributed by atoms with Gasteiger partial charge < -0.3 is 11.1 Å². The Morgan fingerprint density at radius 2 is 2.44 bits per heavy atom. The van der Waals surface area contributed by atoms with Crippen molar-refractivity contribution in [1.29, 1.82) is 0 Å². The van der Waals surface area contributed by atoms with Gasteiger partial charge >= 0.3 is 0 Å². The molecule has 0 bridgehead atoms. The van der Waals surface area contributed by atoms with E-state index in [0.717, 1.165) is 10.0 Å². The Hall–Kier alpha value is -1.19. The van der Waals surface area contributed by atoms with Gasteiger partial charge in [0.05, 0.1) is 0 Å². The second kappa shape index (κ2) is 4.82. The van der Waals surface area contributed by atoms with Crippen LogP contribution in [0.2, 0.25) is 0 Å². The minimum Gasteiger partial charge on any atom is -0.374 e. The number of nitrogens with one attached hydrogen (secondary N) is 1. The summed E-state index contributed by atoms with van der Waals surface area (Å²) in [6.45, 7) is 0. The average Bonchev–Trinajstić information content (AvgIpc) is 2.95. The lowest BCUT2D eigenvalue weighted by molar-refractivity contribution is -0.124. The number of anilines is 1. The Morgan fingerprint density at radius 3 is 3.22 bits per heavy atom. The zero-order valence-corrected chi connectivity index (χ0v) is 11.5. The number of thioether (sulfide) groups is 2. The van der Waals surface area contributed by atoms with Crippen molar-refractivity contribution in [1.82, 2.24) is 20.4 Å². The molecule has 0 saturated carbocycles. The molecule has 94 valence electrons. The van der Waals surface area contributed by atoms with Crippen LogP contribution in [-0.4, -0.2) is 32.3 Å². The molecule has 2 aliphatic rings. The zero-order chi connectivity index (χ0) is 12.5. The monoisotopic (exact) mass is 299 g/mol. The Bertz CT molecular complexity index is 540. The van der Waals surface area contributed by atoms with Crippen LogP contribution in [0, 0.1) is 0 Å². The highest BCUT2D eigenvalue weighted by molar-refractivity contribution is 8.03. The fourth-order valence-corrected chi connectivity index (χ4v) is 3.97. The van der Waals surface area contributed by atoms with E-state index in [2.05, 4.69) is 15.5 Å². The highest BCUT2D eigenvalue weighted by atomic mass is 32.2. The summed E-state index contributed by atoms with van der Waals surface area (Å²) in [5, 5.41) is 13.3. The first-order valence-electron chi connectivity index (χ1n) is 5.06. The van der Waals surface area contributed by atoms with Gasteiger partial charge in [-0.2, -0.15) is 0 Å². The van der Waals surface area contributed by atoms with E-state index in [9.17, 15) is 4.79 Å². The van der Waals surface area contributed by atoms with E-state index in [-0.39, 0.29) is 11.4 Å². The summed E-state index contributed by atoms with van der Waals surface area (Å²) < 4.78 is 0.808. The van der Waals surface area contributed by atoms with Gasteiger partial charge in [-0.25, -0.2) is 0 Å². The minimum atomic E-state index is -0.0161. The third kappa shape index (κ3) is 2.33. The Balaban J connectivity index is 1.64. The fourth-order valence-electron chi connectivity index (χ4n) is 1.54. The van der Waals surface area contributed by atoms with E-state index >= 15 is 0 Å². The molecule has 0 fully saturated rings. The number of hydrogen-bond acceptors (Lipinski definition) is 8. The Labute approximate surface area is 116 Å². The molecule has 3 rings (SSSR count). The van der Waals surface area contributed by atoms with Crippen LogP contribution < -0.4 is 11.1 Å². The number of nitrogen functional groups attached to an aromatic ring is 1. The number of amides is 1. The summed E-state index contributed by atoms with van der Waals surface area (Å²) >= 11 is 4.44. The van der Waals surface area contributed by atoms with E-state index in [1.807, 2.05) is 5.41 Å². The van der Waals surface area contributed by atoms with Crippen molar-refractivity contribution in [3.63, 3.8) is 0 Å². The molecule has 18 heavy (non-hydrogen) atoms. The lowest BCUT2D eigenvalue weighted by Gasteiger charge is -2.29. The molecule has 1 aromatic rings. The van der Waals surface area contributed by atoms with Crippen molar-refractivity contribution in [2.45, 2.75) is 9.84 Å². The maximum absolute atomic E-state index is 11.8. The molecule has 1 aromatic heterocycles. The molecule has 0 aromatic carbocycles. The SMILES string of the molecule is Nc1nnc(SCC2=CC(=O)N3C=CS[C@@H]3N2)s1. The van der Waals surface area contributed by atoms with Crippen LogP contribution in [0.4, 0.5) is 5.13 Å². The van der Waals surface area contributed by atoms with Crippen LogP contribution in [0.1, 0.15) is 0 Å². The molecule has 0 unspecified atom stereocenters. The Morgan fingerprint density at radius 1 is 1.56 bits per heavy atom. The first-order valence-corrected chi connectivity index (χ1v) is 7.80. The van der Waals surface area contributed by atoms with Crippen LogP contribution in [-0.2, 0) is 4.79 Å². The minimum absolute atomic E-state index is 0.00683. The number of nitrogens with zero attached hydrogens (tertiary/aromatic N) is 3. The number of fused-ring (bicyclic) bond motifs is 1. The molecule has 0 saturated heterocycles. The van der Waals surface area contributed by atoms with Crippen LogP contribution in [0.25, 0.3) is 0 Å². The number of rotatable bonds is 3. The maximum atomic E-state index is 11.8. The normalized spacial score (nSPS) is 21.8. The molecular formula is C9H9N5OS3. The van der Waals surface area contributed by atoms with Gasteiger partial charge in [0.25, 0.3) is 5.91 Å². The van der Waals surface area contributed by atoms with Crippen molar-refractivity contribution in [2.24, 2.45) is 0 Å². The molecule has 0 aliphatic carbocycles. The van der Waals surface area contributed by atoms with Gasteiger partial charge in [0, 0.05) is 23.7 Å². The smallest absolute Gasteiger partial charge is 0.254 e. The van der Waals surface area contributed by atoms with Crippen LogP contribution in [0.3, 0.4) is 0 Å². The predicted molar refractivity (Wildman–Crippen MR) is 73.6 cm³/mol. The van der Waals surface area contributed by atoms with E-state index < -0.39 is 0 Å². The number of aromatic nitrogens is 2. The molecule has 0 spiro atoms. The topological polar surface area (TPSA) is 84.1 Å². The van der Waals surface area contributed by atoms with E-state index in [0.29, 0.717) is 10.9 Å². The second-order valence-electron chi connectivity index (χ2n) is 3.53. The summed E-state index contributed by atoms with van der Waals surface area (Å²) in [5.74, 6) is 0.665. The maximum Gasteiger partial charge on any atom is 0.254 e. The van der Waals surface area contributed by atoms with Gasteiger partial charge in [-0.1, -0.05) is 34.9 Å². The van der Waals surface area contributed by atoms with Crippen molar-refractivity contribution in [2.75, 3.05) is 11.5 Å². The highest BCUT2D eigenvalue weighted by Crippen LogP contribution is 2.30. The van der Waals surface area contributed by atoms with Gasteiger partial charge in [0.2, 0.25) is 5.13 Å². The summed E-state index contributed by atoms with van der Waals surface area (Å²) in [5.41, 5.74) is 6.39. The molecule has 1 atom stereocenters. The lowest BCUT2D eigenvalue weighted by atomic mass is 10.3. The zero-order valence-electron chi connectivity index (χ0n) is 9.07. The molecule has 1 amide bonds. The largest absolute Gasteiger partial charge is 0.374 e. The number of carbonyl (C=O) groups is 1. The standard InChI is InChI=1S/C9H9N5OS3/c10-7-12-13-9(18-7)17-4-5-3-6(15)14-1-2-16-8(14)11-5/h1-3,8,11H,4H2,(H2,10,12)/t8-/m1/s1. The van der Waals surface area contributed by atoms with Crippen LogP contribution >= 0.6 is 34.9 Å². The van der Waals surface area contributed by atoms with Crippen molar-refractivity contribution >= 4 is 45.9 Å². The third-order valence-electron chi connectivity index (χ3n) is 2.32. The van der Waals surface area contributed by atoms with Gasteiger partial charge in [0.1, 0.15) is 0 Å². The summed E-state index contributed by atoms with van der Waals surface area (Å²) in [6, 6.07) is 0. The van der Waals surface area contributed by atoms with Gasteiger partial charge in [0.15, 0.2) is 9.84 Å². The molecular weight excluding hydrogens is 290 g/mol. The highest BCUT2D eigenvalue weighted by Gasteiger charge is 2.29. The second-order valence-corrected chi connectivity index (χ2v) is 6.75. The first kappa shape index (κ1) is 11.9. The van der Waals surface area contributed by atoms with E-state index in [4.69, 9.17) is 5.73 Å². The number of hydrogen-bond donors (Lipinski definition) is 2. The van der Waals surface area contributed by atoms with Crippen molar-refractivity contribution in [3.05, 3.63) is 23.4 Å².